The Morgan fingerprint density at radius 3 is 2.15 bits per heavy atom. The molecular formula is C16H18FNO2. The highest BCUT2D eigenvalue weighted by Crippen LogP contribution is 2.30. The van der Waals surface area contributed by atoms with E-state index < -0.39 is 6.04 Å². The molecule has 0 amide bonds. The van der Waals surface area contributed by atoms with Gasteiger partial charge in [-0.05, 0) is 30.7 Å². The van der Waals surface area contributed by atoms with Gasteiger partial charge in [0.2, 0.25) is 0 Å². The first kappa shape index (κ1) is 14.3. The van der Waals surface area contributed by atoms with E-state index in [1.165, 1.54) is 6.07 Å². The normalized spacial score (nSPS) is 12.1. The lowest BCUT2D eigenvalue weighted by Crippen LogP contribution is -2.14. The summed E-state index contributed by atoms with van der Waals surface area (Å²) in [6.07, 6.45) is 0. The molecule has 1 atom stereocenters. The van der Waals surface area contributed by atoms with Gasteiger partial charge in [-0.25, -0.2) is 4.39 Å². The molecule has 2 aromatic carbocycles. The molecule has 0 spiro atoms. The number of rotatable bonds is 4. The van der Waals surface area contributed by atoms with E-state index in [-0.39, 0.29) is 5.82 Å². The molecule has 2 N–H and O–H groups in total. The van der Waals surface area contributed by atoms with Crippen LogP contribution in [-0.4, -0.2) is 14.2 Å². The quantitative estimate of drug-likeness (QED) is 0.932. The lowest BCUT2D eigenvalue weighted by atomic mass is 9.97. The fourth-order valence-electron chi connectivity index (χ4n) is 2.09. The highest BCUT2D eigenvalue weighted by atomic mass is 19.1. The Balaban J connectivity index is 2.46. The fraction of sp³-hybridized carbons (Fsp3) is 0.250. The molecule has 106 valence electrons. The number of hydrogen-bond acceptors (Lipinski definition) is 3. The van der Waals surface area contributed by atoms with Crippen molar-refractivity contribution >= 4 is 0 Å². The lowest BCUT2D eigenvalue weighted by molar-refractivity contribution is 0.393. The molecule has 0 heterocycles. The summed E-state index contributed by atoms with van der Waals surface area (Å²) in [7, 11) is 3.13. The number of nitrogens with two attached hydrogens (primary N) is 1. The van der Waals surface area contributed by atoms with Crippen molar-refractivity contribution in [1.29, 1.82) is 0 Å². The zero-order valence-corrected chi connectivity index (χ0v) is 11.8. The van der Waals surface area contributed by atoms with Gasteiger partial charge < -0.3 is 15.2 Å². The summed E-state index contributed by atoms with van der Waals surface area (Å²) in [5.74, 6) is 0.940. The Labute approximate surface area is 118 Å². The first-order valence-electron chi connectivity index (χ1n) is 6.29. The maximum absolute atomic E-state index is 13.9. The van der Waals surface area contributed by atoms with E-state index in [1.807, 2.05) is 6.92 Å². The number of methoxy groups -OCH3 is 2. The van der Waals surface area contributed by atoms with Crippen molar-refractivity contribution in [2.75, 3.05) is 14.2 Å². The standard InChI is InChI=1S/C16H18FNO2/c1-10-4-5-15(17)14(6-10)16(18)11-7-12(19-2)9-13(8-11)20-3/h4-9,16H,18H2,1-3H3. The van der Waals surface area contributed by atoms with Gasteiger partial charge in [-0.15, -0.1) is 0 Å². The van der Waals surface area contributed by atoms with Crippen LogP contribution in [0.25, 0.3) is 0 Å². The lowest BCUT2D eigenvalue weighted by Gasteiger charge is -2.16. The van der Waals surface area contributed by atoms with Gasteiger partial charge in [0.15, 0.2) is 0 Å². The predicted molar refractivity (Wildman–Crippen MR) is 76.7 cm³/mol. The van der Waals surface area contributed by atoms with E-state index in [4.69, 9.17) is 15.2 Å². The first-order chi connectivity index (χ1) is 9.55. The molecule has 2 rings (SSSR count). The van der Waals surface area contributed by atoms with E-state index in [2.05, 4.69) is 0 Å². The Bertz CT molecular complexity index is 591. The summed E-state index contributed by atoms with van der Waals surface area (Å²) in [6.45, 7) is 1.90. The molecule has 0 aliphatic rings. The highest BCUT2D eigenvalue weighted by molar-refractivity contribution is 5.43. The summed E-state index contributed by atoms with van der Waals surface area (Å²) in [5.41, 5.74) is 8.35. The largest absolute Gasteiger partial charge is 0.497 e. The van der Waals surface area contributed by atoms with Crippen LogP contribution < -0.4 is 15.2 Å². The van der Waals surface area contributed by atoms with Crippen LogP contribution in [-0.2, 0) is 0 Å². The molecule has 4 heteroatoms. The fourth-order valence-corrected chi connectivity index (χ4v) is 2.09. The maximum atomic E-state index is 13.9. The van der Waals surface area contributed by atoms with Crippen molar-refractivity contribution < 1.29 is 13.9 Å². The molecular weight excluding hydrogens is 257 g/mol. The molecule has 2 aromatic rings. The summed E-state index contributed by atoms with van der Waals surface area (Å²) in [4.78, 5) is 0. The van der Waals surface area contributed by atoms with Crippen molar-refractivity contribution in [3.63, 3.8) is 0 Å². The second-order valence-electron chi connectivity index (χ2n) is 4.65. The van der Waals surface area contributed by atoms with Crippen molar-refractivity contribution in [3.8, 4) is 11.5 Å². The van der Waals surface area contributed by atoms with Gasteiger partial charge in [0, 0.05) is 11.6 Å². The summed E-state index contributed by atoms with van der Waals surface area (Å²) in [5, 5.41) is 0. The molecule has 0 saturated heterocycles. The zero-order valence-electron chi connectivity index (χ0n) is 11.8. The Hall–Kier alpha value is -2.07. The van der Waals surface area contributed by atoms with Crippen molar-refractivity contribution in [3.05, 3.63) is 58.9 Å². The van der Waals surface area contributed by atoms with Gasteiger partial charge in [-0.3, -0.25) is 0 Å². The average molecular weight is 275 g/mol. The van der Waals surface area contributed by atoms with E-state index in [0.717, 1.165) is 11.1 Å². The van der Waals surface area contributed by atoms with Crippen molar-refractivity contribution in [2.45, 2.75) is 13.0 Å². The topological polar surface area (TPSA) is 44.5 Å². The SMILES string of the molecule is COc1cc(OC)cc(C(N)c2cc(C)ccc2F)c1. The molecule has 3 nitrogen and oxygen atoms in total. The van der Waals surface area contributed by atoms with Gasteiger partial charge in [0.05, 0.1) is 20.3 Å². The Morgan fingerprint density at radius 2 is 1.60 bits per heavy atom. The monoisotopic (exact) mass is 275 g/mol. The molecule has 0 aliphatic heterocycles. The van der Waals surface area contributed by atoms with Gasteiger partial charge in [0.1, 0.15) is 17.3 Å². The van der Waals surface area contributed by atoms with Gasteiger partial charge in [-0.2, -0.15) is 0 Å². The van der Waals surface area contributed by atoms with E-state index >= 15 is 0 Å². The molecule has 0 saturated carbocycles. The second-order valence-corrected chi connectivity index (χ2v) is 4.65. The van der Waals surface area contributed by atoms with Crippen LogP contribution >= 0.6 is 0 Å². The number of hydrogen-bond donors (Lipinski definition) is 1. The van der Waals surface area contributed by atoms with E-state index in [9.17, 15) is 4.39 Å². The summed E-state index contributed by atoms with van der Waals surface area (Å²) >= 11 is 0. The molecule has 20 heavy (non-hydrogen) atoms. The van der Waals surface area contributed by atoms with E-state index in [0.29, 0.717) is 17.1 Å². The molecule has 0 fully saturated rings. The van der Waals surface area contributed by atoms with Gasteiger partial charge in [-0.1, -0.05) is 17.7 Å². The number of halogens is 1. The predicted octanol–water partition coefficient (Wildman–Crippen LogP) is 3.20. The number of ether oxygens (including phenoxy) is 2. The van der Waals surface area contributed by atoms with E-state index in [1.54, 1.807) is 44.6 Å². The minimum atomic E-state index is -0.570. The summed E-state index contributed by atoms with van der Waals surface area (Å²) in [6, 6.07) is 9.66. The molecule has 0 bridgehead atoms. The molecule has 0 radical (unpaired) electrons. The minimum Gasteiger partial charge on any atom is -0.497 e. The van der Waals surface area contributed by atoms with Crippen LogP contribution in [0.4, 0.5) is 4.39 Å². The zero-order chi connectivity index (χ0) is 14.7. The van der Waals surface area contributed by atoms with Crippen LogP contribution in [0.2, 0.25) is 0 Å². The first-order valence-corrected chi connectivity index (χ1v) is 6.29. The number of aryl methyl sites for hydroxylation is 1. The third-order valence-corrected chi connectivity index (χ3v) is 3.22. The summed E-state index contributed by atoms with van der Waals surface area (Å²) < 4.78 is 24.3. The van der Waals surface area contributed by atoms with Crippen LogP contribution in [0.5, 0.6) is 11.5 Å². The third kappa shape index (κ3) is 2.91. The smallest absolute Gasteiger partial charge is 0.128 e. The van der Waals surface area contributed by atoms with Crippen LogP contribution in [0.3, 0.4) is 0 Å². The number of benzene rings is 2. The minimum absolute atomic E-state index is 0.315. The van der Waals surface area contributed by atoms with Crippen molar-refractivity contribution in [2.24, 2.45) is 5.73 Å². The molecule has 0 aromatic heterocycles. The third-order valence-electron chi connectivity index (χ3n) is 3.22. The second kappa shape index (κ2) is 5.92. The van der Waals surface area contributed by atoms with Crippen LogP contribution in [0, 0.1) is 12.7 Å². The van der Waals surface area contributed by atoms with Crippen LogP contribution in [0.15, 0.2) is 36.4 Å². The maximum Gasteiger partial charge on any atom is 0.128 e. The van der Waals surface area contributed by atoms with Crippen molar-refractivity contribution in [1.82, 2.24) is 0 Å². The highest BCUT2D eigenvalue weighted by Gasteiger charge is 2.16. The Morgan fingerprint density at radius 1 is 1.00 bits per heavy atom. The van der Waals surface area contributed by atoms with Crippen LogP contribution in [0.1, 0.15) is 22.7 Å². The average Bonchev–Trinajstić information content (AvgIpc) is 2.48. The van der Waals surface area contributed by atoms with Gasteiger partial charge in [0.25, 0.3) is 0 Å². The Kier molecular flexibility index (Phi) is 4.25. The molecule has 1 unspecified atom stereocenters. The molecule has 0 aliphatic carbocycles. The van der Waals surface area contributed by atoms with Gasteiger partial charge >= 0.3 is 0 Å².